The van der Waals surface area contributed by atoms with Crippen molar-refractivity contribution in [2.45, 2.75) is 6.92 Å². The van der Waals surface area contributed by atoms with Crippen LogP contribution in [0.5, 0.6) is 0 Å². The van der Waals surface area contributed by atoms with Crippen molar-refractivity contribution in [3.63, 3.8) is 0 Å². The number of piperazine rings is 1. The van der Waals surface area contributed by atoms with E-state index in [1.54, 1.807) is 33.4 Å². The van der Waals surface area contributed by atoms with E-state index in [2.05, 4.69) is 10.3 Å². The van der Waals surface area contributed by atoms with Gasteiger partial charge in [0.25, 0.3) is 5.91 Å². The van der Waals surface area contributed by atoms with Crippen LogP contribution in [0.25, 0.3) is 10.6 Å². The van der Waals surface area contributed by atoms with Crippen molar-refractivity contribution in [2.24, 2.45) is 0 Å². The minimum Gasteiger partial charge on any atom is -0.334 e. The summed E-state index contributed by atoms with van der Waals surface area (Å²) in [6.45, 7) is 3.69. The maximum atomic E-state index is 14.0. The van der Waals surface area contributed by atoms with Crippen molar-refractivity contribution < 1.29 is 14.0 Å². The Balaban J connectivity index is 1.35. The van der Waals surface area contributed by atoms with Crippen molar-refractivity contribution in [2.75, 3.05) is 31.5 Å². The van der Waals surface area contributed by atoms with Gasteiger partial charge in [-0.3, -0.25) is 4.79 Å². The van der Waals surface area contributed by atoms with Gasteiger partial charge in [-0.25, -0.2) is 14.2 Å². The lowest BCUT2D eigenvalue weighted by atomic mass is 10.2. The SMILES string of the molecule is Cc1cccc(NC(=O)N2CCN(C(=O)c3csc(-c4ccccc4F)n3)CC2)c1. The summed E-state index contributed by atoms with van der Waals surface area (Å²) >= 11 is 1.24. The molecule has 154 valence electrons. The van der Waals surface area contributed by atoms with E-state index in [0.29, 0.717) is 42.4 Å². The summed E-state index contributed by atoms with van der Waals surface area (Å²) in [5.41, 5.74) is 2.51. The van der Waals surface area contributed by atoms with Gasteiger partial charge in [-0.05, 0) is 36.8 Å². The van der Waals surface area contributed by atoms with Crippen molar-refractivity contribution in [1.82, 2.24) is 14.8 Å². The number of rotatable bonds is 3. The molecule has 0 aliphatic carbocycles. The molecule has 1 N–H and O–H groups in total. The molecule has 0 spiro atoms. The minimum absolute atomic E-state index is 0.178. The minimum atomic E-state index is -0.362. The molecule has 1 aliphatic rings. The van der Waals surface area contributed by atoms with Crippen molar-refractivity contribution in [1.29, 1.82) is 0 Å². The number of carbonyl (C=O) groups is 2. The zero-order valence-electron chi connectivity index (χ0n) is 16.5. The number of benzene rings is 2. The smallest absolute Gasteiger partial charge is 0.321 e. The lowest BCUT2D eigenvalue weighted by Crippen LogP contribution is -2.51. The van der Waals surface area contributed by atoms with E-state index in [1.165, 1.54) is 17.4 Å². The van der Waals surface area contributed by atoms with E-state index in [-0.39, 0.29) is 17.8 Å². The number of urea groups is 1. The highest BCUT2D eigenvalue weighted by Gasteiger charge is 2.26. The molecule has 2 aromatic carbocycles. The number of amides is 3. The normalized spacial score (nSPS) is 13.9. The van der Waals surface area contributed by atoms with Crippen LogP contribution in [-0.2, 0) is 0 Å². The number of aromatic nitrogens is 1. The van der Waals surface area contributed by atoms with Crippen LogP contribution in [-0.4, -0.2) is 52.9 Å². The number of halogens is 1. The molecule has 30 heavy (non-hydrogen) atoms. The Kier molecular flexibility index (Phi) is 5.76. The molecule has 0 atom stereocenters. The van der Waals surface area contributed by atoms with Gasteiger partial charge in [0, 0.05) is 42.8 Å². The van der Waals surface area contributed by atoms with Gasteiger partial charge in [0.15, 0.2) is 0 Å². The molecule has 1 aromatic heterocycles. The number of nitrogens with one attached hydrogen (secondary N) is 1. The van der Waals surface area contributed by atoms with Crippen molar-refractivity contribution >= 4 is 29.0 Å². The molecule has 0 saturated carbocycles. The van der Waals surface area contributed by atoms with E-state index in [1.807, 2.05) is 31.2 Å². The lowest BCUT2D eigenvalue weighted by molar-refractivity contribution is 0.0667. The summed E-state index contributed by atoms with van der Waals surface area (Å²) in [5.74, 6) is -0.563. The Hall–Kier alpha value is -3.26. The molecule has 2 heterocycles. The molecule has 0 bridgehead atoms. The third-order valence-corrected chi connectivity index (χ3v) is 5.83. The van der Waals surface area contributed by atoms with Crippen LogP contribution in [0.1, 0.15) is 16.1 Å². The van der Waals surface area contributed by atoms with Gasteiger partial charge in [0.2, 0.25) is 0 Å². The number of aryl methyl sites for hydroxylation is 1. The van der Waals surface area contributed by atoms with Crippen molar-refractivity contribution in [3.05, 3.63) is 71.0 Å². The Morgan fingerprint density at radius 1 is 1.03 bits per heavy atom. The van der Waals surface area contributed by atoms with E-state index in [0.717, 1.165) is 11.3 Å². The van der Waals surface area contributed by atoms with Gasteiger partial charge in [0.05, 0.1) is 0 Å². The molecular formula is C22H21FN4O2S. The maximum Gasteiger partial charge on any atom is 0.321 e. The zero-order chi connectivity index (χ0) is 21.1. The quantitative estimate of drug-likeness (QED) is 0.684. The van der Waals surface area contributed by atoms with Gasteiger partial charge in [-0.15, -0.1) is 11.3 Å². The second-order valence-corrected chi connectivity index (χ2v) is 7.95. The topological polar surface area (TPSA) is 65.5 Å². The number of nitrogens with zero attached hydrogens (tertiary/aromatic N) is 3. The first-order valence-corrected chi connectivity index (χ1v) is 10.5. The summed E-state index contributed by atoms with van der Waals surface area (Å²) in [6, 6.07) is 13.8. The molecule has 8 heteroatoms. The highest BCUT2D eigenvalue weighted by molar-refractivity contribution is 7.13. The van der Waals surface area contributed by atoms with Gasteiger partial charge in [-0.1, -0.05) is 24.3 Å². The Labute approximate surface area is 178 Å². The summed E-state index contributed by atoms with van der Waals surface area (Å²) in [5, 5.41) is 5.03. The molecule has 3 aromatic rings. The van der Waals surface area contributed by atoms with E-state index < -0.39 is 0 Å². The number of hydrogen-bond acceptors (Lipinski definition) is 4. The molecule has 1 fully saturated rings. The first-order chi connectivity index (χ1) is 14.5. The second kappa shape index (κ2) is 8.62. The fraction of sp³-hybridized carbons (Fsp3) is 0.227. The standard InChI is InChI=1S/C22H21FN4O2S/c1-15-5-4-6-16(13-15)24-22(29)27-11-9-26(10-12-27)21(28)19-14-30-20(25-19)17-7-2-3-8-18(17)23/h2-8,13-14H,9-12H2,1H3,(H,24,29). The third-order valence-electron chi connectivity index (χ3n) is 4.95. The van der Waals surface area contributed by atoms with Crippen LogP contribution < -0.4 is 5.32 Å². The molecule has 6 nitrogen and oxygen atoms in total. The molecule has 0 unspecified atom stereocenters. The van der Waals surface area contributed by atoms with Gasteiger partial charge < -0.3 is 15.1 Å². The highest BCUT2D eigenvalue weighted by Crippen LogP contribution is 2.26. The number of hydrogen-bond donors (Lipinski definition) is 1. The average molecular weight is 425 g/mol. The van der Waals surface area contributed by atoms with Crippen LogP contribution in [0.4, 0.5) is 14.9 Å². The van der Waals surface area contributed by atoms with Crippen LogP contribution >= 0.6 is 11.3 Å². The van der Waals surface area contributed by atoms with Crippen LogP contribution in [0, 0.1) is 12.7 Å². The van der Waals surface area contributed by atoms with E-state index >= 15 is 0 Å². The fourth-order valence-corrected chi connectivity index (χ4v) is 4.15. The first kappa shape index (κ1) is 20.0. The van der Waals surface area contributed by atoms with Gasteiger partial charge in [0.1, 0.15) is 16.5 Å². The largest absolute Gasteiger partial charge is 0.334 e. The predicted molar refractivity (Wildman–Crippen MR) is 115 cm³/mol. The van der Waals surface area contributed by atoms with E-state index in [4.69, 9.17) is 0 Å². The molecular weight excluding hydrogens is 403 g/mol. The fourth-order valence-electron chi connectivity index (χ4n) is 3.33. The van der Waals surface area contributed by atoms with Crippen LogP contribution in [0.3, 0.4) is 0 Å². The van der Waals surface area contributed by atoms with Crippen molar-refractivity contribution in [3.8, 4) is 10.6 Å². The lowest BCUT2D eigenvalue weighted by Gasteiger charge is -2.34. The Morgan fingerprint density at radius 3 is 2.50 bits per heavy atom. The number of thiazole rings is 1. The number of carbonyl (C=O) groups excluding carboxylic acids is 2. The molecule has 4 rings (SSSR count). The summed E-state index contributed by atoms with van der Waals surface area (Å²) in [7, 11) is 0. The Bertz CT molecular complexity index is 1080. The van der Waals surface area contributed by atoms with Gasteiger partial charge in [-0.2, -0.15) is 0 Å². The summed E-state index contributed by atoms with van der Waals surface area (Å²) in [6.07, 6.45) is 0. The monoisotopic (exact) mass is 424 g/mol. The summed E-state index contributed by atoms with van der Waals surface area (Å²) in [4.78, 5) is 33.0. The van der Waals surface area contributed by atoms with Gasteiger partial charge >= 0.3 is 6.03 Å². The highest BCUT2D eigenvalue weighted by atomic mass is 32.1. The first-order valence-electron chi connectivity index (χ1n) is 9.63. The third kappa shape index (κ3) is 4.33. The number of anilines is 1. The van der Waals surface area contributed by atoms with E-state index in [9.17, 15) is 14.0 Å². The van der Waals surface area contributed by atoms with Crippen LogP contribution in [0.2, 0.25) is 0 Å². The molecule has 0 radical (unpaired) electrons. The average Bonchev–Trinajstić information content (AvgIpc) is 3.23. The maximum absolute atomic E-state index is 14.0. The molecule has 1 saturated heterocycles. The molecule has 3 amide bonds. The predicted octanol–water partition coefficient (Wildman–Crippen LogP) is 4.25. The van der Waals surface area contributed by atoms with Crippen LogP contribution in [0.15, 0.2) is 53.9 Å². The zero-order valence-corrected chi connectivity index (χ0v) is 17.3. The Morgan fingerprint density at radius 2 is 1.77 bits per heavy atom. The molecule has 1 aliphatic heterocycles. The second-order valence-electron chi connectivity index (χ2n) is 7.10. The summed E-state index contributed by atoms with van der Waals surface area (Å²) < 4.78 is 14.0.